The van der Waals surface area contributed by atoms with Crippen LogP contribution in [-0.4, -0.2) is 79.5 Å². The van der Waals surface area contributed by atoms with Gasteiger partial charge in [0.25, 0.3) is 0 Å². The van der Waals surface area contributed by atoms with Gasteiger partial charge in [-0.15, -0.1) is 24.8 Å². The molecule has 0 spiro atoms. The van der Waals surface area contributed by atoms with Crippen molar-refractivity contribution >= 4 is 56.5 Å². The number of halogens is 2. The molecule has 59 heavy (non-hydrogen) atoms. The second-order valence-electron chi connectivity index (χ2n) is 15.6. The molecule has 14 nitrogen and oxygen atoms in total. The lowest BCUT2D eigenvalue weighted by molar-refractivity contribution is -0.162. The van der Waals surface area contributed by atoms with Gasteiger partial charge in [0, 0.05) is 24.9 Å². The molecule has 0 saturated heterocycles. The van der Waals surface area contributed by atoms with Crippen molar-refractivity contribution in [2.75, 3.05) is 26.4 Å². The summed E-state index contributed by atoms with van der Waals surface area (Å²) in [5, 5.41) is 0. The van der Waals surface area contributed by atoms with Crippen LogP contribution in [0.3, 0.4) is 0 Å². The van der Waals surface area contributed by atoms with Gasteiger partial charge in [-0.05, 0) is 26.7 Å². The van der Waals surface area contributed by atoms with Gasteiger partial charge in [0.1, 0.15) is 13.2 Å². The maximum atomic E-state index is 12.9. The zero-order chi connectivity index (χ0) is 42.6. The Morgan fingerprint density at radius 3 is 1.15 bits per heavy atom. The first-order valence-corrected chi connectivity index (χ1v) is 23.6. The van der Waals surface area contributed by atoms with Gasteiger partial charge < -0.3 is 35.3 Å². The summed E-state index contributed by atoms with van der Waals surface area (Å²) in [4.78, 5) is 60.1. The largest absolute Gasteiger partial charge is 0.472 e. The van der Waals surface area contributed by atoms with Crippen molar-refractivity contribution in [3.63, 3.8) is 0 Å². The van der Waals surface area contributed by atoms with E-state index in [1.54, 1.807) is 13.8 Å². The molecule has 0 saturated carbocycles. The lowest BCUT2D eigenvalue weighted by Crippen LogP contribution is -2.33. The molecular formula is C42H83Cl2N2O12P. The summed E-state index contributed by atoms with van der Waals surface area (Å²) in [7, 11) is -4.83. The predicted octanol–water partition coefficient (Wildman–Crippen LogP) is 9.75. The quantitative estimate of drug-likeness (QED) is 0.0226. The summed E-state index contributed by atoms with van der Waals surface area (Å²) in [6.07, 6.45) is 22.7. The summed E-state index contributed by atoms with van der Waals surface area (Å²) in [5.41, 5.74) is 11.3. The average molecular weight is 910 g/mol. The van der Waals surface area contributed by atoms with Crippen LogP contribution < -0.4 is 11.5 Å². The fourth-order valence-electron chi connectivity index (χ4n) is 6.00. The van der Waals surface area contributed by atoms with Gasteiger partial charge in [-0.25, -0.2) is 4.57 Å². The molecule has 0 bridgehead atoms. The Bertz CT molecular complexity index is 1090. The van der Waals surface area contributed by atoms with Crippen molar-refractivity contribution in [1.29, 1.82) is 0 Å². The van der Waals surface area contributed by atoms with E-state index in [0.717, 1.165) is 38.5 Å². The van der Waals surface area contributed by atoms with Crippen LogP contribution in [0, 0.1) is 0 Å². The van der Waals surface area contributed by atoms with Crippen molar-refractivity contribution in [2.45, 2.75) is 219 Å². The van der Waals surface area contributed by atoms with Crippen molar-refractivity contribution in [2.24, 2.45) is 11.5 Å². The molecular weight excluding hydrogens is 826 g/mol. The molecule has 0 aliphatic rings. The molecule has 0 rings (SSSR count). The summed E-state index contributed by atoms with van der Waals surface area (Å²) in [6.45, 7) is 5.54. The molecule has 0 aromatic rings. The molecule has 5 N–H and O–H groups in total. The van der Waals surface area contributed by atoms with E-state index in [0.29, 0.717) is 12.8 Å². The molecule has 5 atom stereocenters. The number of ether oxygens (including phenoxy) is 4. The molecule has 5 unspecified atom stereocenters. The number of unbranched alkanes of at least 4 members (excludes halogenated alkanes) is 20. The Morgan fingerprint density at radius 1 is 0.475 bits per heavy atom. The van der Waals surface area contributed by atoms with Crippen LogP contribution in [-0.2, 0) is 51.7 Å². The average Bonchev–Trinajstić information content (AvgIpc) is 3.14. The first-order chi connectivity index (χ1) is 27.3. The maximum Gasteiger partial charge on any atom is 0.472 e. The molecule has 0 fully saturated rings. The Balaban J connectivity index is -0.0000157. The minimum absolute atomic E-state index is 0. The molecule has 352 valence electrons. The van der Waals surface area contributed by atoms with Gasteiger partial charge in [-0.1, -0.05) is 142 Å². The number of hydrogen-bond donors (Lipinski definition) is 3. The number of phosphoric acid groups is 1. The minimum atomic E-state index is -4.83. The molecule has 0 aromatic carbocycles. The number of rotatable bonds is 40. The third kappa shape index (κ3) is 43.0. The number of carbonyl (C=O) groups excluding carboxylic acids is 4. The van der Waals surface area contributed by atoms with Crippen LogP contribution in [0.2, 0.25) is 0 Å². The van der Waals surface area contributed by atoms with E-state index in [1.807, 2.05) is 0 Å². The Kier molecular flexibility index (Phi) is 43.8. The maximum absolute atomic E-state index is 12.9. The molecule has 0 amide bonds. The number of nitrogens with two attached hydrogens (primary N) is 2. The lowest BCUT2D eigenvalue weighted by atomic mass is 10.1. The van der Waals surface area contributed by atoms with Crippen LogP contribution in [0.5, 0.6) is 0 Å². The number of phosphoric ester groups is 1. The highest BCUT2D eigenvalue weighted by Crippen LogP contribution is 2.43. The molecule has 0 aliphatic carbocycles. The second-order valence-corrected chi connectivity index (χ2v) is 17.0. The van der Waals surface area contributed by atoms with E-state index in [4.69, 9.17) is 39.5 Å². The lowest BCUT2D eigenvalue weighted by Gasteiger charge is -2.22. The van der Waals surface area contributed by atoms with Crippen LogP contribution in [0.1, 0.15) is 195 Å². The van der Waals surface area contributed by atoms with Gasteiger partial charge in [-0.3, -0.25) is 28.2 Å². The van der Waals surface area contributed by atoms with E-state index < -0.39 is 75.8 Å². The van der Waals surface area contributed by atoms with E-state index in [1.165, 1.54) is 89.9 Å². The minimum Gasteiger partial charge on any atom is -0.462 e. The molecule has 0 radical (unpaired) electrons. The van der Waals surface area contributed by atoms with E-state index in [9.17, 15) is 28.6 Å². The number of carbonyl (C=O) groups is 4. The number of hydrogen-bond acceptors (Lipinski definition) is 13. The Morgan fingerprint density at radius 2 is 0.780 bits per heavy atom. The van der Waals surface area contributed by atoms with Crippen molar-refractivity contribution in [3.8, 4) is 0 Å². The van der Waals surface area contributed by atoms with E-state index in [-0.39, 0.29) is 57.1 Å². The molecule has 0 heterocycles. The Labute approximate surface area is 368 Å². The SMILES string of the molecule is CCCCCCCCCCCCCC(=O)OCC(COP(=O)(O)OCC(COC(=O)CC(C)N)OC(=O)CC(C)N)OC(=O)CCCCCCCCCCCCC.Cl.Cl. The summed E-state index contributed by atoms with van der Waals surface area (Å²) in [6, 6.07) is -0.986. The number of esters is 4. The molecule has 0 aliphatic heterocycles. The highest BCUT2D eigenvalue weighted by molar-refractivity contribution is 7.47. The fraction of sp³-hybridized carbons (Fsp3) is 0.905. The summed E-state index contributed by atoms with van der Waals surface area (Å²) >= 11 is 0. The third-order valence-corrected chi connectivity index (χ3v) is 10.2. The fourth-order valence-corrected chi connectivity index (χ4v) is 6.78. The normalized spacial score (nSPS) is 14.1. The van der Waals surface area contributed by atoms with Gasteiger partial charge in [0.2, 0.25) is 0 Å². The van der Waals surface area contributed by atoms with Crippen molar-refractivity contribution < 1.29 is 56.6 Å². The van der Waals surface area contributed by atoms with Crippen LogP contribution in [0.25, 0.3) is 0 Å². The highest BCUT2D eigenvalue weighted by Gasteiger charge is 2.29. The predicted molar refractivity (Wildman–Crippen MR) is 237 cm³/mol. The monoisotopic (exact) mass is 909 g/mol. The van der Waals surface area contributed by atoms with Crippen molar-refractivity contribution in [1.82, 2.24) is 0 Å². The highest BCUT2D eigenvalue weighted by atomic mass is 35.5. The van der Waals surface area contributed by atoms with Crippen LogP contribution >= 0.6 is 32.6 Å². The van der Waals surface area contributed by atoms with Gasteiger partial charge in [0.05, 0.1) is 26.1 Å². The smallest absolute Gasteiger partial charge is 0.462 e. The van der Waals surface area contributed by atoms with Crippen LogP contribution in [0.4, 0.5) is 0 Å². The zero-order valence-electron chi connectivity index (χ0n) is 36.9. The van der Waals surface area contributed by atoms with Gasteiger partial charge >= 0.3 is 31.7 Å². The zero-order valence-corrected chi connectivity index (χ0v) is 39.4. The summed E-state index contributed by atoms with van der Waals surface area (Å²) in [5.74, 6) is -2.38. The third-order valence-electron chi connectivity index (χ3n) is 9.25. The van der Waals surface area contributed by atoms with E-state index in [2.05, 4.69) is 13.8 Å². The molecule has 17 heteroatoms. The summed E-state index contributed by atoms with van der Waals surface area (Å²) < 4.78 is 44.4. The topological polar surface area (TPSA) is 213 Å². The standard InChI is InChI=1S/C42H81N2O12P.2ClH/c1-5-7-9-11-13-15-17-19-21-23-25-27-39(45)51-31-37(55-40(46)28-26-24-22-20-18-16-14-12-10-8-6-2)33-53-57(49,50)54-34-38(56-42(48)30-36(4)44)32-52-41(47)29-35(3)43;;/h35-38H,5-34,43-44H2,1-4H3,(H,49,50);2*1H. The Hall–Kier alpha value is -1.51. The first kappa shape index (κ1) is 61.8. The van der Waals surface area contributed by atoms with Crippen LogP contribution in [0.15, 0.2) is 0 Å². The van der Waals surface area contributed by atoms with Crippen molar-refractivity contribution in [3.05, 3.63) is 0 Å². The van der Waals surface area contributed by atoms with Gasteiger partial charge in [0.15, 0.2) is 12.2 Å². The second kappa shape index (κ2) is 41.8. The van der Waals surface area contributed by atoms with E-state index >= 15 is 0 Å². The van der Waals surface area contributed by atoms with Gasteiger partial charge in [-0.2, -0.15) is 0 Å². The first-order valence-electron chi connectivity index (χ1n) is 22.1. The molecule has 0 aromatic heterocycles.